The van der Waals surface area contributed by atoms with Crippen LogP contribution < -0.4 is 20.1 Å². The van der Waals surface area contributed by atoms with Crippen molar-refractivity contribution in [3.05, 3.63) is 65.0 Å². The number of halogens is 1. The third kappa shape index (κ3) is 7.49. The molecular formula is C24H26ClN5O4S. The molecule has 3 rings (SSSR count). The van der Waals surface area contributed by atoms with Gasteiger partial charge in [0.05, 0.1) is 26.5 Å². The SMILES string of the molecule is CCn1c(CNC(=O)/C=C/c2ccc(OC)c(OC)c2)nnc1SCC(=O)Nc1ccc(Cl)cc1. The minimum Gasteiger partial charge on any atom is -0.493 e. The first-order chi connectivity index (χ1) is 16.9. The number of carbonyl (C=O) groups is 2. The summed E-state index contributed by atoms with van der Waals surface area (Å²) >= 11 is 7.14. The summed E-state index contributed by atoms with van der Waals surface area (Å²) in [6.45, 7) is 2.75. The molecule has 0 spiro atoms. The van der Waals surface area contributed by atoms with E-state index in [1.165, 1.54) is 17.8 Å². The highest BCUT2D eigenvalue weighted by Gasteiger charge is 2.14. The molecule has 0 aliphatic rings. The Bertz CT molecular complexity index is 1200. The van der Waals surface area contributed by atoms with Crippen LogP contribution in [0.4, 0.5) is 5.69 Å². The maximum Gasteiger partial charge on any atom is 0.244 e. The van der Waals surface area contributed by atoms with Crippen molar-refractivity contribution in [2.75, 3.05) is 25.3 Å². The van der Waals surface area contributed by atoms with Crippen molar-refractivity contribution in [1.29, 1.82) is 0 Å². The monoisotopic (exact) mass is 515 g/mol. The molecule has 0 aliphatic carbocycles. The van der Waals surface area contributed by atoms with Gasteiger partial charge in [0.15, 0.2) is 22.5 Å². The number of methoxy groups -OCH3 is 2. The Labute approximate surface area is 212 Å². The quantitative estimate of drug-likeness (QED) is 0.293. The van der Waals surface area contributed by atoms with E-state index in [0.717, 1.165) is 5.56 Å². The lowest BCUT2D eigenvalue weighted by Crippen LogP contribution is -2.22. The van der Waals surface area contributed by atoms with Gasteiger partial charge in [-0.05, 0) is 55.0 Å². The number of rotatable bonds is 11. The highest BCUT2D eigenvalue weighted by atomic mass is 35.5. The van der Waals surface area contributed by atoms with Gasteiger partial charge in [-0.3, -0.25) is 9.59 Å². The first-order valence-electron chi connectivity index (χ1n) is 10.7. The fourth-order valence-electron chi connectivity index (χ4n) is 3.09. The summed E-state index contributed by atoms with van der Waals surface area (Å²) in [5, 5.41) is 15.2. The van der Waals surface area contributed by atoms with Gasteiger partial charge in [-0.1, -0.05) is 29.4 Å². The van der Waals surface area contributed by atoms with Gasteiger partial charge in [0.1, 0.15) is 0 Å². The average Bonchev–Trinajstić information content (AvgIpc) is 3.27. The van der Waals surface area contributed by atoms with Crippen LogP contribution in [0.15, 0.2) is 53.7 Å². The molecule has 0 aliphatic heterocycles. The number of nitrogens with zero attached hydrogens (tertiary/aromatic N) is 3. The topological polar surface area (TPSA) is 107 Å². The number of nitrogens with one attached hydrogen (secondary N) is 2. The first-order valence-corrected chi connectivity index (χ1v) is 12.1. The van der Waals surface area contributed by atoms with Gasteiger partial charge in [0.2, 0.25) is 11.8 Å². The molecule has 0 bridgehead atoms. The van der Waals surface area contributed by atoms with E-state index in [9.17, 15) is 9.59 Å². The molecular weight excluding hydrogens is 490 g/mol. The second-order valence-electron chi connectivity index (χ2n) is 7.15. The zero-order valence-electron chi connectivity index (χ0n) is 19.6. The van der Waals surface area contributed by atoms with Crippen LogP contribution in [0.25, 0.3) is 6.08 Å². The largest absolute Gasteiger partial charge is 0.493 e. The van der Waals surface area contributed by atoms with Crippen LogP contribution in [0.5, 0.6) is 11.5 Å². The van der Waals surface area contributed by atoms with Crippen molar-refractivity contribution >= 4 is 46.9 Å². The molecule has 184 valence electrons. The summed E-state index contributed by atoms with van der Waals surface area (Å²) in [5.74, 6) is 1.52. The fourth-order valence-corrected chi connectivity index (χ4v) is 4.04. The van der Waals surface area contributed by atoms with E-state index >= 15 is 0 Å². The molecule has 2 amide bonds. The highest BCUT2D eigenvalue weighted by Crippen LogP contribution is 2.28. The van der Waals surface area contributed by atoms with Crippen LogP contribution in [-0.4, -0.2) is 46.6 Å². The van der Waals surface area contributed by atoms with Gasteiger partial charge in [0.25, 0.3) is 0 Å². The normalized spacial score (nSPS) is 10.9. The fraction of sp³-hybridized carbons (Fsp3) is 0.250. The zero-order valence-corrected chi connectivity index (χ0v) is 21.2. The zero-order chi connectivity index (χ0) is 25.2. The Morgan fingerprint density at radius 1 is 1.09 bits per heavy atom. The lowest BCUT2D eigenvalue weighted by atomic mass is 10.2. The van der Waals surface area contributed by atoms with Crippen LogP contribution in [-0.2, 0) is 22.7 Å². The molecule has 1 aromatic heterocycles. The first kappa shape index (κ1) is 26.1. The van der Waals surface area contributed by atoms with Gasteiger partial charge in [0, 0.05) is 23.3 Å². The third-order valence-corrected chi connectivity index (χ3v) is 6.04. The van der Waals surface area contributed by atoms with Crippen LogP contribution >= 0.6 is 23.4 Å². The number of thioether (sulfide) groups is 1. The van der Waals surface area contributed by atoms with Crippen molar-refractivity contribution in [2.24, 2.45) is 0 Å². The van der Waals surface area contributed by atoms with E-state index in [-0.39, 0.29) is 24.1 Å². The molecule has 3 aromatic rings. The van der Waals surface area contributed by atoms with Crippen molar-refractivity contribution in [3.8, 4) is 11.5 Å². The van der Waals surface area contributed by atoms with E-state index in [1.54, 1.807) is 56.7 Å². The maximum absolute atomic E-state index is 12.3. The number of amides is 2. The maximum atomic E-state index is 12.3. The molecule has 2 N–H and O–H groups in total. The number of aromatic nitrogens is 3. The molecule has 11 heteroatoms. The smallest absolute Gasteiger partial charge is 0.244 e. The molecule has 2 aromatic carbocycles. The number of ether oxygens (including phenoxy) is 2. The van der Waals surface area contributed by atoms with Crippen LogP contribution in [0, 0.1) is 0 Å². The van der Waals surface area contributed by atoms with Crippen LogP contribution in [0.2, 0.25) is 5.02 Å². The summed E-state index contributed by atoms with van der Waals surface area (Å²) in [5.41, 5.74) is 1.46. The van der Waals surface area contributed by atoms with E-state index in [4.69, 9.17) is 21.1 Å². The number of benzene rings is 2. The molecule has 1 heterocycles. The number of hydrogen-bond acceptors (Lipinski definition) is 7. The summed E-state index contributed by atoms with van der Waals surface area (Å²) < 4.78 is 12.4. The number of carbonyl (C=O) groups excluding carboxylic acids is 2. The van der Waals surface area contributed by atoms with E-state index in [0.29, 0.717) is 39.7 Å². The van der Waals surface area contributed by atoms with Crippen molar-refractivity contribution in [2.45, 2.75) is 25.2 Å². The van der Waals surface area contributed by atoms with Crippen molar-refractivity contribution in [1.82, 2.24) is 20.1 Å². The lowest BCUT2D eigenvalue weighted by molar-refractivity contribution is -0.116. The Kier molecular flexibility index (Phi) is 9.56. The molecule has 9 nitrogen and oxygen atoms in total. The average molecular weight is 516 g/mol. The Morgan fingerprint density at radius 3 is 2.51 bits per heavy atom. The van der Waals surface area contributed by atoms with Crippen LogP contribution in [0.1, 0.15) is 18.3 Å². The predicted molar refractivity (Wildman–Crippen MR) is 137 cm³/mol. The molecule has 0 saturated heterocycles. The second-order valence-corrected chi connectivity index (χ2v) is 8.53. The van der Waals surface area contributed by atoms with E-state index in [1.807, 2.05) is 17.6 Å². The van der Waals surface area contributed by atoms with E-state index in [2.05, 4.69) is 20.8 Å². The lowest BCUT2D eigenvalue weighted by Gasteiger charge is -2.08. The van der Waals surface area contributed by atoms with Gasteiger partial charge in [-0.25, -0.2) is 0 Å². The van der Waals surface area contributed by atoms with Gasteiger partial charge in [-0.15, -0.1) is 10.2 Å². The molecule has 0 unspecified atom stereocenters. The summed E-state index contributed by atoms with van der Waals surface area (Å²) in [7, 11) is 3.12. The van der Waals surface area contributed by atoms with Crippen LogP contribution in [0.3, 0.4) is 0 Å². The minimum absolute atomic E-state index is 0.168. The molecule has 0 fully saturated rings. The minimum atomic E-state index is -0.276. The Morgan fingerprint density at radius 2 is 1.83 bits per heavy atom. The second kappa shape index (κ2) is 12.8. The van der Waals surface area contributed by atoms with Gasteiger partial charge in [-0.2, -0.15) is 0 Å². The number of hydrogen-bond donors (Lipinski definition) is 2. The Balaban J connectivity index is 1.53. The van der Waals surface area contributed by atoms with Crippen molar-refractivity contribution in [3.63, 3.8) is 0 Å². The standard InChI is InChI=1S/C24H26ClN5O4S/c1-4-30-21(14-26-22(31)12-6-16-5-11-19(33-2)20(13-16)34-3)28-29-24(30)35-15-23(32)27-18-9-7-17(25)8-10-18/h5-13H,4,14-15H2,1-3H3,(H,26,31)(H,27,32)/b12-6+. The molecule has 35 heavy (non-hydrogen) atoms. The predicted octanol–water partition coefficient (Wildman–Crippen LogP) is 4.03. The van der Waals surface area contributed by atoms with E-state index < -0.39 is 0 Å². The summed E-state index contributed by atoms with van der Waals surface area (Å²) in [4.78, 5) is 24.6. The highest BCUT2D eigenvalue weighted by molar-refractivity contribution is 7.99. The van der Waals surface area contributed by atoms with Crippen molar-refractivity contribution < 1.29 is 19.1 Å². The molecule has 0 atom stereocenters. The summed E-state index contributed by atoms with van der Waals surface area (Å²) in [6, 6.07) is 12.3. The Hall–Kier alpha value is -3.50. The third-order valence-electron chi connectivity index (χ3n) is 4.83. The van der Waals surface area contributed by atoms with Gasteiger partial charge < -0.3 is 24.7 Å². The molecule has 0 radical (unpaired) electrons. The van der Waals surface area contributed by atoms with Gasteiger partial charge >= 0.3 is 0 Å². The number of anilines is 1. The summed E-state index contributed by atoms with van der Waals surface area (Å²) in [6.07, 6.45) is 3.12. The molecule has 0 saturated carbocycles.